The van der Waals surface area contributed by atoms with Gasteiger partial charge in [0.25, 0.3) is 0 Å². The van der Waals surface area contributed by atoms with Crippen LogP contribution in [-0.2, 0) is 9.53 Å². The Morgan fingerprint density at radius 3 is 2.47 bits per heavy atom. The summed E-state index contributed by atoms with van der Waals surface area (Å²) in [6, 6.07) is 23.4. The Hall–Kier alpha value is -4.30. The number of amides is 2. The molecule has 0 aliphatic rings. The molecule has 0 saturated carbocycles. The molecule has 0 spiro atoms. The number of hydrogen-bond donors (Lipinski definition) is 4. The highest BCUT2D eigenvalue weighted by Gasteiger charge is 2.34. The second-order valence-electron chi connectivity index (χ2n) is 9.43. The summed E-state index contributed by atoms with van der Waals surface area (Å²) in [5.41, 5.74) is 7.82. The largest absolute Gasteiger partial charge is 0.491 e. The first-order valence-corrected chi connectivity index (χ1v) is 12.5. The number of allylic oxidation sites excluding steroid dienone is 1. The first-order chi connectivity index (χ1) is 18.3. The van der Waals surface area contributed by atoms with Crippen molar-refractivity contribution in [3.63, 3.8) is 0 Å². The van der Waals surface area contributed by atoms with Gasteiger partial charge < -0.3 is 25.6 Å². The molecular formula is C30H35N3O5. The standard InChI is InChI=1S/C30H35N3O5/c1-30(2,18-9-8-17-27(35)33-26-16-7-6-15-25(26)31)28(22-11-10-14-24(21-22)37-20-19-34)38-29(36)32-23-12-4-3-5-13-23/h3-8,10-17,21,28,34H,9,18-20,31H2,1-2H3,(H,32,36)(H,33,35)/b17-8+/t28-/m1/s1. The minimum Gasteiger partial charge on any atom is -0.491 e. The van der Waals surface area contributed by atoms with Gasteiger partial charge in [-0.3, -0.25) is 10.1 Å². The fraction of sp³-hybridized carbons (Fsp3) is 0.267. The molecule has 0 fully saturated rings. The minimum atomic E-state index is -0.616. The number of nitrogens with two attached hydrogens (primary N) is 1. The van der Waals surface area contributed by atoms with Gasteiger partial charge >= 0.3 is 6.09 Å². The van der Waals surface area contributed by atoms with Gasteiger partial charge in [-0.2, -0.15) is 0 Å². The summed E-state index contributed by atoms with van der Waals surface area (Å²) in [4.78, 5) is 25.2. The lowest BCUT2D eigenvalue weighted by Crippen LogP contribution is -2.29. The predicted molar refractivity (Wildman–Crippen MR) is 150 cm³/mol. The summed E-state index contributed by atoms with van der Waals surface area (Å²) in [6.07, 6.45) is 3.27. The van der Waals surface area contributed by atoms with Crippen LogP contribution in [0, 0.1) is 5.41 Å². The first-order valence-electron chi connectivity index (χ1n) is 12.5. The lowest BCUT2D eigenvalue weighted by atomic mass is 9.78. The van der Waals surface area contributed by atoms with E-state index in [2.05, 4.69) is 10.6 Å². The van der Waals surface area contributed by atoms with Gasteiger partial charge in [-0.1, -0.05) is 62.4 Å². The fourth-order valence-electron chi connectivity index (χ4n) is 3.95. The molecule has 8 nitrogen and oxygen atoms in total. The molecule has 2 amide bonds. The molecule has 3 aromatic carbocycles. The number of hydrogen-bond acceptors (Lipinski definition) is 6. The average Bonchev–Trinajstić information content (AvgIpc) is 2.90. The highest BCUT2D eigenvalue weighted by Crippen LogP contribution is 2.41. The molecule has 38 heavy (non-hydrogen) atoms. The number of aliphatic hydroxyl groups is 1. The highest BCUT2D eigenvalue weighted by molar-refractivity contribution is 6.01. The lowest BCUT2D eigenvalue weighted by Gasteiger charge is -2.34. The van der Waals surface area contributed by atoms with Crippen molar-refractivity contribution < 1.29 is 24.2 Å². The molecule has 0 aromatic heterocycles. The Bertz CT molecular complexity index is 1230. The molecule has 0 radical (unpaired) electrons. The number of ether oxygens (including phenoxy) is 2. The number of anilines is 3. The van der Waals surface area contributed by atoms with Crippen LogP contribution in [0.5, 0.6) is 5.75 Å². The van der Waals surface area contributed by atoms with E-state index < -0.39 is 17.6 Å². The molecule has 200 valence electrons. The number of aliphatic hydroxyl groups excluding tert-OH is 1. The van der Waals surface area contributed by atoms with Crippen LogP contribution in [0.4, 0.5) is 21.9 Å². The molecule has 0 aliphatic heterocycles. The third-order valence-electron chi connectivity index (χ3n) is 5.92. The summed E-state index contributed by atoms with van der Waals surface area (Å²) >= 11 is 0. The van der Waals surface area contributed by atoms with Crippen LogP contribution < -0.4 is 21.1 Å². The van der Waals surface area contributed by atoms with Crippen molar-refractivity contribution in [1.29, 1.82) is 0 Å². The number of carbonyl (C=O) groups excluding carboxylic acids is 2. The molecule has 0 aliphatic carbocycles. The number of nitrogen functional groups attached to an aromatic ring is 1. The summed E-state index contributed by atoms with van der Waals surface area (Å²) < 4.78 is 11.5. The summed E-state index contributed by atoms with van der Waals surface area (Å²) in [5, 5.41) is 14.6. The zero-order chi connectivity index (χ0) is 27.4. The van der Waals surface area contributed by atoms with Crippen molar-refractivity contribution in [2.75, 3.05) is 29.6 Å². The first kappa shape index (κ1) is 28.3. The van der Waals surface area contributed by atoms with E-state index in [9.17, 15) is 9.59 Å². The van der Waals surface area contributed by atoms with Gasteiger partial charge in [0.15, 0.2) is 0 Å². The zero-order valence-corrected chi connectivity index (χ0v) is 21.7. The monoisotopic (exact) mass is 517 g/mol. The Morgan fingerprint density at radius 2 is 1.74 bits per heavy atom. The van der Waals surface area contributed by atoms with Crippen LogP contribution in [0.3, 0.4) is 0 Å². The van der Waals surface area contributed by atoms with Crippen molar-refractivity contribution in [1.82, 2.24) is 0 Å². The van der Waals surface area contributed by atoms with Gasteiger partial charge in [-0.25, -0.2) is 4.79 Å². The number of carbonyl (C=O) groups is 2. The van der Waals surface area contributed by atoms with Crippen LogP contribution in [0.2, 0.25) is 0 Å². The zero-order valence-electron chi connectivity index (χ0n) is 21.7. The van der Waals surface area contributed by atoms with E-state index in [1.165, 1.54) is 6.08 Å². The van der Waals surface area contributed by atoms with Crippen LogP contribution in [0.1, 0.15) is 38.4 Å². The maximum absolute atomic E-state index is 12.8. The molecule has 0 saturated heterocycles. The molecule has 0 unspecified atom stereocenters. The van der Waals surface area contributed by atoms with E-state index in [1.54, 1.807) is 48.5 Å². The van der Waals surface area contributed by atoms with Crippen molar-refractivity contribution in [3.8, 4) is 5.75 Å². The summed E-state index contributed by atoms with van der Waals surface area (Å²) in [5.74, 6) is 0.297. The second kappa shape index (κ2) is 13.9. The van der Waals surface area contributed by atoms with Crippen molar-refractivity contribution in [3.05, 3.63) is 96.6 Å². The number of rotatable bonds is 12. The number of para-hydroxylation sites is 3. The second-order valence-corrected chi connectivity index (χ2v) is 9.43. The van der Waals surface area contributed by atoms with Gasteiger partial charge in [0, 0.05) is 11.1 Å². The summed E-state index contributed by atoms with van der Waals surface area (Å²) in [6.45, 7) is 4.07. The van der Waals surface area contributed by atoms with E-state index in [1.807, 2.05) is 50.2 Å². The minimum absolute atomic E-state index is 0.105. The predicted octanol–water partition coefficient (Wildman–Crippen LogP) is 5.93. The van der Waals surface area contributed by atoms with Crippen LogP contribution in [0.15, 0.2) is 91.0 Å². The van der Waals surface area contributed by atoms with Gasteiger partial charge in [0.1, 0.15) is 18.5 Å². The Labute approximate surface area is 223 Å². The van der Waals surface area contributed by atoms with E-state index in [0.717, 1.165) is 5.56 Å². The maximum atomic E-state index is 12.8. The highest BCUT2D eigenvalue weighted by atomic mass is 16.6. The average molecular weight is 518 g/mol. The number of nitrogens with one attached hydrogen (secondary N) is 2. The van der Waals surface area contributed by atoms with E-state index >= 15 is 0 Å². The van der Waals surface area contributed by atoms with Crippen LogP contribution in [0.25, 0.3) is 0 Å². The van der Waals surface area contributed by atoms with Gasteiger partial charge in [-0.15, -0.1) is 0 Å². The topological polar surface area (TPSA) is 123 Å². The van der Waals surface area contributed by atoms with Gasteiger partial charge in [-0.05, 0) is 60.9 Å². The van der Waals surface area contributed by atoms with Crippen LogP contribution >= 0.6 is 0 Å². The van der Waals surface area contributed by atoms with Crippen molar-refractivity contribution in [2.24, 2.45) is 5.41 Å². The molecular weight excluding hydrogens is 482 g/mol. The molecule has 0 bridgehead atoms. The number of benzene rings is 3. The van der Waals surface area contributed by atoms with E-state index in [4.69, 9.17) is 20.3 Å². The molecule has 5 N–H and O–H groups in total. The third-order valence-corrected chi connectivity index (χ3v) is 5.92. The van der Waals surface area contributed by atoms with E-state index in [-0.39, 0.29) is 19.1 Å². The smallest absolute Gasteiger partial charge is 0.412 e. The SMILES string of the molecule is CC(C)(CC/C=C/C(=O)Nc1ccccc1N)[C@H](OC(=O)Nc1ccccc1)c1cccc(OCCO)c1. The maximum Gasteiger partial charge on any atom is 0.412 e. The molecule has 3 rings (SSSR count). The summed E-state index contributed by atoms with van der Waals surface area (Å²) in [7, 11) is 0. The Balaban J connectivity index is 1.71. The molecule has 1 atom stereocenters. The van der Waals surface area contributed by atoms with Crippen molar-refractivity contribution in [2.45, 2.75) is 32.8 Å². The molecule has 8 heteroatoms. The third kappa shape index (κ3) is 8.67. The fourth-order valence-corrected chi connectivity index (χ4v) is 3.95. The lowest BCUT2D eigenvalue weighted by molar-refractivity contribution is -0.111. The molecule has 0 heterocycles. The van der Waals surface area contributed by atoms with Gasteiger partial charge in [0.2, 0.25) is 5.91 Å². The Morgan fingerprint density at radius 1 is 1.00 bits per heavy atom. The van der Waals surface area contributed by atoms with Crippen LogP contribution in [-0.4, -0.2) is 30.3 Å². The normalized spacial score (nSPS) is 12.1. The Kier molecular flexibility index (Phi) is 10.3. The van der Waals surface area contributed by atoms with Crippen molar-refractivity contribution >= 4 is 29.1 Å². The molecule has 3 aromatic rings. The van der Waals surface area contributed by atoms with Gasteiger partial charge in [0.05, 0.1) is 18.0 Å². The quantitative estimate of drug-likeness (QED) is 0.174. The van der Waals surface area contributed by atoms with E-state index in [0.29, 0.717) is 35.7 Å².